The van der Waals surface area contributed by atoms with Gasteiger partial charge >= 0.3 is 0 Å². The van der Waals surface area contributed by atoms with E-state index in [-0.39, 0.29) is 12.5 Å². The number of ether oxygens (including phenoxy) is 1. The van der Waals surface area contributed by atoms with Gasteiger partial charge in [-0.25, -0.2) is 0 Å². The number of hydrogen-bond acceptors (Lipinski definition) is 5. The molecule has 0 fully saturated rings. The van der Waals surface area contributed by atoms with Crippen molar-refractivity contribution >= 4 is 28.5 Å². The smallest absolute Gasteiger partial charge is 0.255 e. The predicted molar refractivity (Wildman–Crippen MR) is 136 cm³/mol. The second-order valence-corrected chi connectivity index (χ2v) is 8.32. The Morgan fingerprint density at radius 1 is 0.886 bits per heavy atom. The summed E-state index contributed by atoms with van der Waals surface area (Å²) in [5.74, 6) is -0.785. The van der Waals surface area contributed by atoms with E-state index < -0.39 is 17.9 Å². The zero-order valence-corrected chi connectivity index (χ0v) is 19.7. The Balaban J connectivity index is 1.45. The van der Waals surface area contributed by atoms with Gasteiger partial charge in [0.15, 0.2) is 0 Å². The van der Waals surface area contributed by atoms with E-state index in [1.54, 1.807) is 6.07 Å². The minimum absolute atomic E-state index is 0.162. The van der Waals surface area contributed by atoms with Gasteiger partial charge in [0.05, 0.1) is 24.8 Å². The average molecular weight is 477 g/mol. The molecule has 3 rings (SSSR count). The molecule has 6 N–H and O–H groups in total. The van der Waals surface area contributed by atoms with Crippen molar-refractivity contribution in [2.75, 3.05) is 19.7 Å². The quantitative estimate of drug-likeness (QED) is 0.281. The molecule has 0 aliphatic heterocycles. The number of nitrogens with one attached hydrogen (secondary N) is 2. The Bertz CT molecular complexity index is 1150. The fourth-order valence-corrected chi connectivity index (χ4v) is 3.63. The van der Waals surface area contributed by atoms with Crippen LogP contribution in [0.2, 0.25) is 0 Å². The summed E-state index contributed by atoms with van der Waals surface area (Å²) in [5.41, 5.74) is 12.6. The molecular formula is C27H32N4O4. The summed E-state index contributed by atoms with van der Waals surface area (Å²) in [6.45, 7) is 0.605. The minimum Gasteiger partial charge on any atom is -0.493 e. The first-order chi connectivity index (χ1) is 16.9. The standard InChI is InChI=1S/C27H32N4O4/c28-23(13-12-19-8-2-1-3-9-19)27(34)30-14-6-7-15-35-24-17-21-11-5-4-10-20(21)16-22(24)26(33)31-18-25(29)32/h1-5,8-11,16-17,23H,6-7,12-15,18,28H2,(H2,29,32)(H,30,34)(H,31,33). The fourth-order valence-electron chi connectivity index (χ4n) is 3.63. The number of fused-ring (bicyclic) bond motifs is 1. The number of rotatable bonds is 13. The van der Waals surface area contributed by atoms with Crippen molar-refractivity contribution in [1.29, 1.82) is 0 Å². The zero-order valence-electron chi connectivity index (χ0n) is 19.7. The van der Waals surface area contributed by atoms with Gasteiger partial charge in [-0.05, 0) is 54.2 Å². The van der Waals surface area contributed by atoms with Crippen molar-refractivity contribution in [3.05, 3.63) is 77.9 Å². The van der Waals surface area contributed by atoms with Gasteiger partial charge in [-0.1, -0.05) is 54.6 Å². The molecule has 0 heterocycles. The number of amides is 3. The van der Waals surface area contributed by atoms with Crippen LogP contribution in [0.4, 0.5) is 0 Å². The van der Waals surface area contributed by atoms with Gasteiger partial charge < -0.3 is 26.8 Å². The lowest BCUT2D eigenvalue weighted by Crippen LogP contribution is -2.41. The monoisotopic (exact) mass is 476 g/mol. The first-order valence-corrected chi connectivity index (χ1v) is 11.7. The fraction of sp³-hybridized carbons (Fsp3) is 0.296. The molecule has 8 heteroatoms. The molecule has 0 saturated carbocycles. The van der Waals surface area contributed by atoms with Crippen molar-refractivity contribution < 1.29 is 19.1 Å². The SMILES string of the molecule is NC(=O)CNC(=O)c1cc2ccccc2cc1OCCCCNC(=O)C(N)CCc1ccccc1. The average Bonchev–Trinajstić information content (AvgIpc) is 2.87. The molecule has 0 spiro atoms. The van der Waals surface area contributed by atoms with Crippen molar-refractivity contribution in [1.82, 2.24) is 10.6 Å². The molecule has 1 atom stereocenters. The molecular weight excluding hydrogens is 444 g/mol. The maximum Gasteiger partial charge on any atom is 0.255 e. The summed E-state index contributed by atoms with van der Waals surface area (Å²) in [7, 11) is 0. The van der Waals surface area contributed by atoms with E-state index >= 15 is 0 Å². The molecule has 8 nitrogen and oxygen atoms in total. The summed E-state index contributed by atoms with van der Waals surface area (Å²) in [6.07, 6.45) is 2.72. The molecule has 184 valence electrons. The van der Waals surface area contributed by atoms with E-state index in [0.29, 0.717) is 43.7 Å². The van der Waals surface area contributed by atoms with Crippen LogP contribution in [0.15, 0.2) is 66.7 Å². The molecule has 0 bridgehead atoms. The Morgan fingerprint density at radius 2 is 1.57 bits per heavy atom. The highest BCUT2D eigenvalue weighted by Gasteiger charge is 2.15. The van der Waals surface area contributed by atoms with Gasteiger partial charge in [-0.2, -0.15) is 0 Å². The van der Waals surface area contributed by atoms with Crippen molar-refractivity contribution in [2.24, 2.45) is 11.5 Å². The molecule has 3 aromatic carbocycles. The van der Waals surface area contributed by atoms with E-state index in [0.717, 1.165) is 22.8 Å². The minimum atomic E-state index is -0.622. The molecule has 0 aliphatic carbocycles. The second-order valence-electron chi connectivity index (χ2n) is 8.32. The molecule has 3 aromatic rings. The van der Waals surface area contributed by atoms with Gasteiger partial charge in [0.2, 0.25) is 11.8 Å². The van der Waals surface area contributed by atoms with Gasteiger partial charge in [0.25, 0.3) is 5.91 Å². The molecule has 0 radical (unpaired) electrons. The Hall–Kier alpha value is -3.91. The summed E-state index contributed by atoms with van der Waals surface area (Å²) in [4.78, 5) is 35.8. The van der Waals surface area contributed by atoms with Crippen molar-refractivity contribution in [2.45, 2.75) is 31.7 Å². The third-order valence-corrected chi connectivity index (χ3v) is 5.57. The van der Waals surface area contributed by atoms with E-state index in [1.165, 1.54) is 0 Å². The van der Waals surface area contributed by atoms with Crippen LogP contribution in [-0.4, -0.2) is 43.5 Å². The maximum atomic E-state index is 12.6. The van der Waals surface area contributed by atoms with Crippen molar-refractivity contribution in [3.63, 3.8) is 0 Å². The molecule has 1 unspecified atom stereocenters. The normalized spacial score (nSPS) is 11.6. The highest BCUT2D eigenvalue weighted by molar-refractivity contribution is 6.02. The zero-order chi connectivity index (χ0) is 25.0. The number of hydrogen-bond donors (Lipinski definition) is 4. The maximum absolute atomic E-state index is 12.6. The third kappa shape index (κ3) is 8.12. The molecule has 35 heavy (non-hydrogen) atoms. The Labute approximate surface area is 205 Å². The topological polar surface area (TPSA) is 137 Å². The van der Waals surface area contributed by atoms with Crippen LogP contribution in [-0.2, 0) is 16.0 Å². The Kier molecular flexibility index (Phi) is 9.62. The highest BCUT2D eigenvalue weighted by Crippen LogP contribution is 2.26. The van der Waals surface area contributed by atoms with Gasteiger partial charge in [0, 0.05) is 6.54 Å². The Morgan fingerprint density at radius 3 is 2.29 bits per heavy atom. The van der Waals surface area contributed by atoms with Crippen LogP contribution in [0.3, 0.4) is 0 Å². The molecule has 0 aromatic heterocycles. The lowest BCUT2D eigenvalue weighted by Gasteiger charge is -2.14. The summed E-state index contributed by atoms with van der Waals surface area (Å²) in [6, 6.07) is 20.6. The van der Waals surface area contributed by atoms with E-state index in [4.69, 9.17) is 16.2 Å². The van der Waals surface area contributed by atoms with Crippen molar-refractivity contribution in [3.8, 4) is 5.75 Å². The van der Waals surface area contributed by atoms with Gasteiger partial charge in [0.1, 0.15) is 5.75 Å². The summed E-state index contributed by atoms with van der Waals surface area (Å²) >= 11 is 0. The van der Waals surface area contributed by atoms with E-state index in [2.05, 4.69) is 10.6 Å². The number of carbonyl (C=O) groups is 3. The van der Waals surface area contributed by atoms with Crippen LogP contribution in [0, 0.1) is 0 Å². The van der Waals surface area contributed by atoms with Gasteiger partial charge in [-0.3, -0.25) is 14.4 Å². The summed E-state index contributed by atoms with van der Waals surface area (Å²) < 4.78 is 5.90. The number of nitrogens with two attached hydrogens (primary N) is 2. The molecule has 3 amide bonds. The number of unbranched alkanes of at least 4 members (excludes halogenated alkanes) is 1. The van der Waals surface area contributed by atoms with Crippen LogP contribution in [0.1, 0.15) is 35.2 Å². The van der Waals surface area contributed by atoms with Gasteiger partial charge in [-0.15, -0.1) is 0 Å². The van der Waals surface area contributed by atoms with E-state index in [9.17, 15) is 14.4 Å². The predicted octanol–water partition coefficient (Wildman–Crippen LogP) is 2.29. The van der Waals surface area contributed by atoms with E-state index in [1.807, 2.05) is 60.7 Å². The van der Waals surface area contributed by atoms with Crippen LogP contribution in [0.5, 0.6) is 5.75 Å². The summed E-state index contributed by atoms with van der Waals surface area (Å²) in [5, 5.41) is 7.20. The lowest BCUT2D eigenvalue weighted by molar-refractivity contribution is -0.122. The lowest BCUT2D eigenvalue weighted by atomic mass is 10.1. The van der Waals surface area contributed by atoms with Crippen LogP contribution in [0.25, 0.3) is 10.8 Å². The molecule has 0 aliphatic rings. The number of carbonyl (C=O) groups excluding carboxylic acids is 3. The third-order valence-electron chi connectivity index (χ3n) is 5.57. The van der Waals surface area contributed by atoms with Crippen LogP contribution < -0.4 is 26.8 Å². The largest absolute Gasteiger partial charge is 0.493 e. The number of primary amides is 1. The van der Waals surface area contributed by atoms with Crippen LogP contribution >= 0.6 is 0 Å². The molecule has 0 saturated heterocycles. The second kappa shape index (κ2) is 13.1. The number of benzene rings is 3. The first kappa shape index (κ1) is 25.7. The number of aryl methyl sites for hydroxylation is 1. The highest BCUT2D eigenvalue weighted by atomic mass is 16.5. The first-order valence-electron chi connectivity index (χ1n) is 11.7.